The molecule has 0 bridgehead atoms. The van der Waals surface area contributed by atoms with E-state index in [4.69, 9.17) is 4.74 Å². The first-order chi connectivity index (χ1) is 15.0. The molecule has 0 saturated heterocycles. The maximum absolute atomic E-state index is 13.1. The molecule has 0 aliphatic carbocycles. The molecule has 4 rings (SSSR count). The molecule has 1 atom stereocenters. The van der Waals surface area contributed by atoms with Crippen molar-refractivity contribution in [2.24, 2.45) is 0 Å². The summed E-state index contributed by atoms with van der Waals surface area (Å²) in [5.41, 5.74) is 2.94. The third-order valence-electron chi connectivity index (χ3n) is 5.35. The van der Waals surface area contributed by atoms with Gasteiger partial charge >= 0.3 is 5.97 Å². The van der Waals surface area contributed by atoms with Crippen LogP contribution in [-0.2, 0) is 11.3 Å². The largest absolute Gasteiger partial charge is 0.503 e. The summed E-state index contributed by atoms with van der Waals surface area (Å²) < 4.78 is 5.29. The van der Waals surface area contributed by atoms with Crippen molar-refractivity contribution in [1.82, 2.24) is 4.90 Å². The average Bonchev–Trinajstić information content (AvgIpc) is 3.04. The second-order valence-electron chi connectivity index (χ2n) is 7.24. The first-order valence-electron chi connectivity index (χ1n) is 9.75. The molecule has 0 aromatic heterocycles. The van der Waals surface area contributed by atoms with Crippen LogP contribution < -0.4 is 4.74 Å². The fourth-order valence-electron chi connectivity index (χ4n) is 3.85. The Kier molecular flexibility index (Phi) is 5.45. The van der Waals surface area contributed by atoms with Gasteiger partial charge in [-0.05, 0) is 41.0 Å². The van der Waals surface area contributed by atoms with Crippen molar-refractivity contribution in [1.29, 1.82) is 0 Å². The molecule has 6 heteroatoms. The van der Waals surface area contributed by atoms with Gasteiger partial charge in [0.15, 0.2) is 5.76 Å². The zero-order chi connectivity index (χ0) is 22.0. The molecule has 1 aliphatic rings. The number of benzene rings is 3. The first-order valence-corrected chi connectivity index (χ1v) is 9.75. The maximum Gasteiger partial charge on any atom is 0.335 e. The van der Waals surface area contributed by atoms with Gasteiger partial charge in [0.2, 0.25) is 0 Å². The summed E-state index contributed by atoms with van der Waals surface area (Å²) >= 11 is 0. The number of amides is 1. The van der Waals surface area contributed by atoms with Gasteiger partial charge in [0.25, 0.3) is 5.91 Å². The number of aliphatic hydroxyl groups is 1. The molecule has 0 spiro atoms. The minimum Gasteiger partial charge on any atom is -0.503 e. The summed E-state index contributed by atoms with van der Waals surface area (Å²) in [6.07, 6.45) is 0. The minimum absolute atomic E-state index is 0.155. The smallest absolute Gasteiger partial charge is 0.335 e. The van der Waals surface area contributed by atoms with Gasteiger partial charge in [-0.3, -0.25) is 4.79 Å². The molecule has 0 fully saturated rings. The van der Waals surface area contributed by atoms with Crippen LogP contribution in [-0.4, -0.2) is 34.1 Å². The Morgan fingerprint density at radius 1 is 1.00 bits per heavy atom. The third-order valence-corrected chi connectivity index (χ3v) is 5.35. The third kappa shape index (κ3) is 3.88. The van der Waals surface area contributed by atoms with E-state index in [1.54, 1.807) is 24.1 Å². The standard InChI is InChI=1S/C25H21NO5/c1-31-20-9-5-6-16(14-20)15-26-22(18-10-12-19(13-11-18)25(29)30)21(23(27)24(26)28)17-7-3-2-4-8-17/h2-14,22,27H,15H2,1H3,(H,29,30)/t22-/m1/s1. The van der Waals surface area contributed by atoms with E-state index < -0.39 is 17.9 Å². The molecule has 31 heavy (non-hydrogen) atoms. The highest BCUT2D eigenvalue weighted by Crippen LogP contribution is 2.43. The van der Waals surface area contributed by atoms with E-state index in [1.807, 2.05) is 54.6 Å². The Morgan fingerprint density at radius 3 is 2.35 bits per heavy atom. The molecule has 1 aliphatic heterocycles. The van der Waals surface area contributed by atoms with E-state index in [9.17, 15) is 19.8 Å². The number of aliphatic hydroxyl groups excluding tert-OH is 1. The van der Waals surface area contributed by atoms with Gasteiger partial charge in [-0.15, -0.1) is 0 Å². The monoisotopic (exact) mass is 415 g/mol. The summed E-state index contributed by atoms with van der Waals surface area (Å²) in [6.45, 7) is 0.252. The van der Waals surface area contributed by atoms with Crippen molar-refractivity contribution in [2.75, 3.05) is 7.11 Å². The summed E-state index contributed by atoms with van der Waals surface area (Å²) in [4.78, 5) is 25.9. The van der Waals surface area contributed by atoms with Crippen molar-refractivity contribution < 1.29 is 24.5 Å². The van der Waals surface area contributed by atoms with Gasteiger partial charge in [-0.2, -0.15) is 0 Å². The highest BCUT2D eigenvalue weighted by molar-refractivity contribution is 6.05. The molecule has 1 amide bonds. The number of methoxy groups -OCH3 is 1. The van der Waals surface area contributed by atoms with Crippen LogP contribution in [0.4, 0.5) is 0 Å². The second kappa shape index (κ2) is 8.36. The van der Waals surface area contributed by atoms with E-state index in [1.165, 1.54) is 12.1 Å². The van der Waals surface area contributed by atoms with E-state index >= 15 is 0 Å². The molecule has 6 nitrogen and oxygen atoms in total. The zero-order valence-corrected chi connectivity index (χ0v) is 16.9. The van der Waals surface area contributed by atoms with Gasteiger partial charge in [-0.25, -0.2) is 4.79 Å². The van der Waals surface area contributed by atoms with Crippen molar-refractivity contribution in [2.45, 2.75) is 12.6 Å². The van der Waals surface area contributed by atoms with Crippen LogP contribution in [0.5, 0.6) is 5.75 Å². The van der Waals surface area contributed by atoms with Crippen LogP contribution >= 0.6 is 0 Å². The number of carbonyl (C=O) groups is 2. The Labute approximate surface area is 179 Å². The number of rotatable bonds is 6. The van der Waals surface area contributed by atoms with E-state index in [0.29, 0.717) is 16.9 Å². The second-order valence-corrected chi connectivity index (χ2v) is 7.24. The summed E-state index contributed by atoms with van der Waals surface area (Å²) in [5, 5.41) is 20.0. The molecule has 2 N–H and O–H groups in total. The number of carboxylic acids is 1. The van der Waals surface area contributed by atoms with Crippen molar-refractivity contribution in [3.8, 4) is 5.75 Å². The molecule has 156 valence electrons. The number of carboxylic acid groups (broad SMARTS) is 1. The fraction of sp³-hybridized carbons (Fsp3) is 0.120. The Morgan fingerprint density at radius 2 is 1.71 bits per heavy atom. The highest BCUT2D eigenvalue weighted by Gasteiger charge is 2.41. The topological polar surface area (TPSA) is 87.1 Å². The lowest BCUT2D eigenvalue weighted by atomic mass is 9.93. The number of aromatic carboxylic acids is 1. The average molecular weight is 415 g/mol. The number of ether oxygens (including phenoxy) is 1. The lowest BCUT2D eigenvalue weighted by Crippen LogP contribution is -2.29. The Hall–Kier alpha value is -4.06. The number of hydrogen-bond acceptors (Lipinski definition) is 4. The Bertz CT molecular complexity index is 1150. The lowest BCUT2D eigenvalue weighted by molar-refractivity contribution is -0.130. The van der Waals surface area contributed by atoms with Crippen LogP contribution in [0.15, 0.2) is 84.6 Å². The number of carbonyl (C=O) groups excluding carboxylic acids is 1. The number of hydrogen-bond donors (Lipinski definition) is 2. The normalized spacial score (nSPS) is 16.0. The Balaban J connectivity index is 1.79. The minimum atomic E-state index is -1.02. The molecular formula is C25H21NO5. The van der Waals surface area contributed by atoms with Crippen molar-refractivity contribution >= 4 is 17.4 Å². The van der Waals surface area contributed by atoms with Gasteiger partial charge in [-0.1, -0.05) is 54.6 Å². The van der Waals surface area contributed by atoms with E-state index in [-0.39, 0.29) is 17.9 Å². The molecule has 0 saturated carbocycles. The number of nitrogens with zero attached hydrogens (tertiary/aromatic N) is 1. The highest BCUT2D eigenvalue weighted by atomic mass is 16.5. The quantitative estimate of drug-likeness (QED) is 0.621. The maximum atomic E-state index is 13.1. The molecule has 1 heterocycles. The molecule has 3 aromatic carbocycles. The predicted octanol–water partition coefficient (Wildman–Crippen LogP) is 4.45. The van der Waals surface area contributed by atoms with Gasteiger partial charge in [0, 0.05) is 12.1 Å². The van der Waals surface area contributed by atoms with Crippen molar-refractivity contribution in [3.63, 3.8) is 0 Å². The summed E-state index contributed by atoms with van der Waals surface area (Å²) in [5.74, 6) is -1.13. The van der Waals surface area contributed by atoms with Crippen LogP contribution in [0.2, 0.25) is 0 Å². The fourth-order valence-corrected chi connectivity index (χ4v) is 3.85. The lowest BCUT2D eigenvalue weighted by Gasteiger charge is -2.27. The van der Waals surface area contributed by atoms with Crippen LogP contribution in [0, 0.1) is 0 Å². The summed E-state index contributed by atoms with van der Waals surface area (Å²) in [6, 6.07) is 22.4. The van der Waals surface area contributed by atoms with Crippen LogP contribution in [0.25, 0.3) is 5.57 Å². The van der Waals surface area contributed by atoms with Gasteiger partial charge < -0.3 is 19.8 Å². The first kappa shape index (κ1) is 20.2. The predicted molar refractivity (Wildman–Crippen MR) is 116 cm³/mol. The van der Waals surface area contributed by atoms with Gasteiger partial charge in [0.05, 0.1) is 18.7 Å². The van der Waals surface area contributed by atoms with Crippen molar-refractivity contribution in [3.05, 3.63) is 107 Å². The molecular weight excluding hydrogens is 394 g/mol. The SMILES string of the molecule is COc1cccc(CN2C(=O)C(O)=C(c3ccccc3)[C@H]2c2ccc(C(=O)O)cc2)c1. The summed E-state index contributed by atoms with van der Waals surface area (Å²) in [7, 11) is 1.58. The van der Waals surface area contributed by atoms with Crippen LogP contribution in [0.3, 0.4) is 0 Å². The molecule has 3 aromatic rings. The van der Waals surface area contributed by atoms with Crippen LogP contribution in [0.1, 0.15) is 33.1 Å². The molecule has 0 unspecified atom stereocenters. The zero-order valence-electron chi connectivity index (χ0n) is 16.9. The van der Waals surface area contributed by atoms with Gasteiger partial charge in [0.1, 0.15) is 5.75 Å². The van der Waals surface area contributed by atoms with E-state index in [0.717, 1.165) is 11.1 Å². The van der Waals surface area contributed by atoms with E-state index in [2.05, 4.69) is 0 Å². The molecule has 0 radical (unpaired) electrons.